The molecule has 1 atom stereocenters. The number of anilines is 1. The summed E-state index contributed by atoms with van der Waals surface area (Å²) in [5, 5.41) is 2.86. The second kappa shape index (κ2) is 11.2. The monoisotopic (exact) mass is 498 g/mol. The third-order valence-corrected chi connectivity index (χ3v) is 6.24. The highest BCUT2D eigenvalue weighted by Gasteiger charge is 2.27. The Hall–Kier alpha value is -4.30. The summed E-state index contributed by atoms with van der Waals surface area (Å²) in [5.41, 5.74) is 2.34. The van der Waals surface area contributed by atoms with Gasteiger partial charge in [0.25, 0.3) is 5.91 Å². The third kappa shape index (κ3) is 5.76. The number of carbonyl (C=O) groups excluding carboxylic acids is 2. The van der Waals surface area contributed by atoms with E-state index in [1.165, 1.54) is 23.1 Å². The molecule has 37 heavy (non-hydrogen) atoms. The molecule has 188 valence electrons. The Bertz CT molecular complexity index is 1370. The van der Waals surface area contributed by atoms with Gasteiger partial charge in [-0.2, -0.15) is 0 Å². The molecule has 8 heteroatoms. The van der Waals surface area contributed by atoms with E-state index in [0.717, 1.165) is 24.1 Å². The highest BCUT2D eigenvalue weighted by molar-refractivity contribution is 5.99. The Kier molecular flexibility index (Phi) is 7.37. The SMILES string of the molecule is O=C(CN(C[C@H]1CCCO1)C(=O)c1ccccc1F)Nc1nc(-c2ccccc2)cn1-c1ccccc1. The molecule has 0 saturated carbocycles. The molecule has 4 aromatic rings. The van der Waals surface area contributed by atoms with Crippen LogP contribution in [0.4, 0.5) is 10.3 Å². The third-order valence-electron chi connectivity index (χ3n) is 6.24. The van der Waals surface area contributed by atoms with Gasteiger partial charge in [-0.3, -0.25) is 19.5 Å². The maximum absolute atomic E-state index is 14.4. The van der Waals surface area contributed by atoms with E-state index in [2.05, 4.69) is 10.3 Å². The van der Waals surface area contributed by atoms with Crippen LogP contribution in [0.5, 0.6) is 0 Å². The minimum Gasteiger partial charge on any atom is -0.376 e. The molecular weight excluding hydrogens is 471 g/mol. The number of nitrogens with zero attached hydrogens (tertiary/aromatic N) is 3. The Balaban J connectivity index is 1.41. The van der Waals surface area contributed by atoms with Gasteiger partial charge in [0.2, 0.25) is 11.9 Å². The lowest BCUT2D eigenvalue weighted by Crippen LogP contribution is -2.42. The quantitative estimate of drug-likeness (QED) is 0.373. The Morgan fingerprint density at radius 1 is 1.00 bits per heavy atom. The van der Waals surface area contributed by atoms with E-state index in [1.54, 1.807) is 10.6 Å². The number of imidazole rings is 1. The van der Waals surface area contributed by atoms with Crippen molar-refractivity contribution in [2.24, 2.45) is 0 Å². The lowest BCUT2D eigenvalue weighted by molar-refractivity contribution is -0.117. The number of amides is 2. The Morgan fingerprint density at radius 2 is 1.70 bits per heavy atom. The molecule has 0 spiro atoms. The average molecular weight is 499 g/mol. The van der Waals surface area contributed by atoms with Crippen LogP contribution in [0.15, 0.2) is 91.1 Å². The normalized spacial score (nSPS) is 14.9. The van der Waals surface area contributed by atoms with Crippen molar-refractivity contribution in [2.45, 2.75) is 18.9 Å². The number of rotatable bonds is 8. The second-order valence-electron chi connectivity index (χ2n) is 8.87. The van der Waals surface area contributed by atoms with E-state index in [1.807, 2.05) is 66.9 Å². The molecular formula is C29H27FN4O3. The summed E-state index contributed by atoms with van der Waals surface area (Å²) in [6, 6.07) is 25.0. The van der Waals surface area contributed by atoms with Crippen molar-refractivity contribution in [1.82, 2.24) is 14.5 Å². The number of aromatic nitrogens is 2. The molecule has 0 aliphatic carbocycles. The number of carbonyl (C=O) groups is 2. The number of benzene rings is 3. The van der Waals surface area contributed by atoms with Crippen LogP contribution in [0.1, 0.15) is 23.2 Å². The molecule has 0 radical (unpaired) electrons. The van der Waals surface area contributed by atoms with Gasteiger partial charge >= 0.3 is 0 Å². The van der Waals surface area contributed by atoms with Crippen molar-refractivity contribution in [3.8, 4) is 16.9 Å². The minimum atomic E-state index is -0.627. The summed E-state index contributed by atoms with van der Waals surface area (Å²) < 4.78 is 21.9. The fourth-order valence-electron chi connectivity index (χ4n) is 4.40. The van der Waals surface area contributed by atoms with Gasteiger partial charge in [0, 0.05) is 30.6 Å². The molecule has 5 rings (SSSR count). The van der Waals surface area contributed by atoms with Crippen LogP contribution >= 0.6 is 0 Å². The van der Waals surface area contributed by atoms with Crippen LogP contribution in [0.3, 0.4) is 0 Å². The number of ether oxygens (including phenoxy) is 1. The molecule has 1 N–H and O–H groups in total. The summed E-state index contributed by atoms with van der Waals surface area (Å²) in [7, 11) is 0. The van der Waals surface area contributed by atoms with Gasteiger partial charge in [-0.05, 0) is 37.1 Å². The van der Waals surface area contributed by atoms with E-state index >= 15 is 0 Å². The molecule has 1 fully saturated rings. The van der Waals surface area contributed by atoms with E-state index in [0.29, 0.717) is 18.2 Å². The number of para-hydroxylation sites is 1. The highest BCUT2D eigenvalue weighted by atomic mass is 19.1. The Labute approximate surface area is 214 Å². The van der Waals surface area contributed by atoms with Crippen LogP contribution in [0.25, 0.3) is 16.9 Å². The minimum absolute atomic E-state index is 0.0783. The average Bonchev–Trinajstić information content (AvgIpc) is 3.59. The topological polar surface area (TPSA) is 76.5 Å². The van der Waals surface area contributed by atoms with Crippen molar-refractivity contribution in [3.63, 3.8) is 0 Å². The first-order valence-electron chi connectivity index (χ1n) is 12.2. The predicted molar refractivity (Wildman–Crippen MR) is 139 cm³/mol. The zero-order valence-corrected chi connectivity index (χ0v) is 20.2. The first kappa shape index (κ1) is 24.4. The summed E-state index contributed by atoms with van der Waals surface area (Å²) in [5.74, 6) is -1.30. The first-order valence-corrected chi connectivity index (χ1v) is 12.2. The largest absolute Gasteiger partial charge is 0.376 e. The number of hydrogen-bond acceptors (Lipinski definition) is 4. The van der Waals surface area contributed by atoms with Gasteiger partial charge < -0.3 is 9.64 Å². The van der Waals surface area contributed by atoms with Gasteiger partial charge in [0.1, 0.15) is 12.4 Å². The van der Waals surface area contributed by atoms with Gasteiger partial charge in [-0.15, -0.1) is 0 Å². The number of nitrogens with one attached hydrogen (secondary N) is 1. The molecule has 7 nitrogen and oxygen atoms in total. The maximum atomic E-state index is 14.4. The first-order chi connectivity index (χ1) is 18.1. The lowest BCUT2D eigenvalue weighted by Gasteiger charge is -2.25. The van der Waals surface area contributed by atoms with Crippen LogP contribution in [0, 0.1) is 5.82 Å². The van der Waals surface area contributed by atoms with Crippen LogP contribution in [-0.4, -0.2) is 52.1 Å². The fourth-order valence-corrected chi connectivity index (χ4v) is 4.40. The van der Waals surface area contributed by atoms with Crippen molar-refractivity contribution < 1.29 is 18.7 Å². The maximum Gasteiger partial charge on any atom is 0.257 e. The van der Waals surface area contributed by atoms with E-state index in [4.69, 9.17) is 4.74 Å². The summed E-state index contributed by atoms with van der Waals surface area (Å²) >= 11 is 0. The second-order valence-corrected chi connectivity index (χ2v) is 8.87. The summed E-state index contributed by atoms with van der Waals surface area (Å²) in [4.78, 5) is 32.5. The van der Waals surface area contributed by atoms with E-state index in [-0.39, 0.29) is 24.8 Å². The molecule has 1 saturated heterocycles. The van der Waals surface area contributed by atoms with E-state index in [9.17, 15) is 14.0 Å². The highest BCUT2D eigenvalue weighted by Crippen LogP contribution is 2.24. The van der Waals surface area contributed by atoms with Gasteiger partial charge in [-0.1, -0.05) is 60.7 Å². The number of hydrogen-bond donors (Lipinski definition) is 1. The zero-order chi connectivity index (χ0) is 25.6. The molecule has 0 bridgehead atoms. The van der Waals surface area contributed by atoms with Gasteiger partial charge in [0.15, 0.2) is 0 Å². The fraction of sp³-hybridized carbons (Fsp3) is 0.207. The zero-order valence-electron chi connectivity index (χ0n) is 20.2. The molecule has 1 aliphatic heterocycles. The standard InChI is InChI=1S/C29H27FN4O3/c30-25-16-8-7-15-24(25)28(36)33(18-23-14-9-17-37-23)20-27(35)32-29-31-26(21-10-3-1-4-11-21)19-34(29)22-12-5-2-6-13-22/h1-8,10-13,15-16,19,23H,9,14,17-18,20H2,(H,31,32,35)/t23-/m1/s1. The summed E-state index contributed by atoms with van der Waals surface area (Å²) in [6.07, 6.45) is 3.32. The van der Waals surface area contributed by atoms with Gasteiger partial charge in [0.05, 0.1) is 17.4 Å². The van der Waals surface area contributed by atoms with Gasteiger partial charge in [-0.25, -0.2) is 9.37 Å². The molecule has 0 unspecified atom stereocenters. The van der Waals surface area contributed by atoms with Crippen LogP contribution < -0.4 is 5.32 Å². The van der Waals surface area contributed by atoms with Crippen molar-refractivity contribution in [2.75, 3.05) is 25.0 Å². The number of halogens is 1. The van der Waals surface area contributed by atoms with Crippen LogP contribution in [-0.2, 0) is 9.53 Å². The Morgan fingerprint density at radius 3 is 2.41 bits per heavy atom. The molecule has 1 aromatic heterocycles. The van der Waals surface area contributed by atoms with Crippen molar-refractivity contribution in [1.29, 1.82) is 0 Å². The molecule has 2 heterocycles. The predicted octanol–water partition coefficient (Wildman–Crippen LogP) is 4.94. The van der Waals surface area contributed by atoms with Crippen molar-refractivity contribution in [3.05, 3.63) is 103 Å². The van der Waals surface area contributed by atoms with Crippen molar-refractivity contribution >= 4 is 17.8 Å². The molecule has 1 aliphatic rings. The lowest BCUT2D eigenvalue weighted by atomic mass is 10.1. The van der Waals surface area contributed by atoms with Crippen LogP contribution in [0.2, 0.25) is 0 Å². The summed E-state index contributed by atoms with van der Waals surface area (Å²) in [6.45, 7) is 0.535. The van der Waals surface area contributed by atoms with E-state index < -0.39 is 17.6 Å². The molecule has 2 amide bonds. The molecule has 3 aromatic carbocycles. The smallest absolute Gasteiger partial charge is 0.257 e.